The summed E-state index contributed by atoms with van der Waals surface area (Å²) in [5.41, 5.74) is 0.0829. The van der Waals surface area contributed by atoms with Crippen molar-refractivity contribution in [2.45, 2.75) is 25.9 Å². The van der Waals surface area contributed by atoms with Gasteiger partial charge in [0, 0.05) is 25.2 Å². The van der Waals surface area contributed by atoms with Gasteiger partial charge in [0.2, 0.25) is 0 Å². The van der Waals surface area contributed by atoms with Crippen LogP contribution in [0.4, 0.5) is 4.39 Å². The van der Waals surface area contributed by atoms with Crippen LogP contribution in [0, 0.1) is 5.82 Å². The van der Waals surface area contributed by atoms with E-state index < -0.39 is 11.8 Å². The third-order valence-electron chi connectivity index (χ3n) is 2.89. The number of benzene rings is 1. The average molecular weight is 282 g/mol. The highest BCUT2D eigenvalue weighted by Crippen LogP contribution is 2.22. The molecule has 0 aromatic heterocycles. The van der Waals surface area contributed by atoms with E-state index in [-0.39, 0.29) is 5.60 Å². The number of carboxylic acids is 1. The van der Waals surface area contributed by atoms with E-state index in [1.807, 2.05) is 13.8 Å². The molecule has 1 N–H and O–H groups in total. The predicted molar refractivity (Wildman–Crippen MR) is 74.3 cm³/mol. The Bertz CT molecular complexity index is 495. The van der Waals surface area contributed by atoms with E-state index in [1.165, 1.54) is 24.3 Å². The lowest BCUT2D eigenvalue weighted by Gasteiger charge is -2.22. The van der Waals surface area contributed by atoms with Gasteiger partial charge in [-0.3, -0.25) is 0 Å². The largest absolute Gasteiger partial charge is 0.493 e. The van der Waals surface area contributed by atoms with Gasteiger partial charge in [-0.1, -0.05) is 0 Å². The van der Waals surface area contributed by atoms with Crippen molar-refractivity contribution in [1.82, 2.24) is 0 Å². The molecule has 0 spiro atoms. The van der Waals surface area contributed by atoms with Crippen LogP contribution in [0.1, 0.15) is 25.8 Å². The molecule has 0 saturated carbocycles. The number of halogens is 1. The van der Waals surface area contributed by atoms with Crippen molar-refractivity contribution in [2.75, 3.05) is 13.7 Å². The van der Waals surface area contributed by atoms with Crippen molar-refractivity contribution in [2.24, 2.45) is 0 Å². The van der Waals surface area contributed by atoms with Gasteiger partial charge in [0.15, 0.2) is 0 Å². The number of carbonyl (C=O) groups is 1. The smallest absolute Gasteiger partial charge is 0.328 e. The molecule has 0 amide bonds. The van der Waals surface area contributed by atoms with E-state index in [1.54, 1.807) is 7.11 Å². The van der Waals surface area contributed by atoms with Gasteiger partial charge in [-0.25, -0.2) is 9.18 Å². The number of carboxylic acid groups (broad SMARTS) is 1. The zero-order valence-corrected chi connectivity index (χ0v) is 11.9. The van der Waals surface area contributed by atoms with Gasteiger partial charge in [0.1, 0.15) is 11.6 Å². The number of hydrogen-bond donors (Lipinski definition) is 1. The molecule has 0 fully saturated rings. The van der Waals surface area contributed by atoms with Crippen LogP contribution in [-0.4, -0.2) is 30.4 Å². The molecule has 1 aromatic carbocycles. The lowest BCUT2D eigenvalue weighted by molar-refractivity contribution is -0.131. The monoisotopic (exact) mass is 282 g/mol. The summed E-state index contributed by atoms with van der Waals surface area (Å²) in [6.45, 7) is 4.26. The number of rotatable bonds is 7. The Labute approximate surface area is 117 Å². The molecule has 110 valence electrons. The Balaban J connectivity index is 2.76. The number of methoxy groups -OCH3 is 1. The first-order chi connectivity index (χ1) is 9.34. The number of aliphatic carboxylic acids is 1. The fourth-order valence-electron chi connectivity index (χ4n) is 1.45. The van der Waals surface area contributed by atoms with Crippen molar-refractivity contribution in [3.8, 4) is 5.75 Å². The molecule has 20 heavy (non-hydrogen) atoms. The highest BCUT2D eigenvalue weighted by Gasteiger charge is 2.16. The van der Waals surface area contributed by atoms with E-state index in [0.29, 0.717) is 24.3 Å². The van der Waals surface area contributed by atoms with Crippen LogP contribution in [0.3, 0.4) is 0 Å². The molecular weight excluding hydrogens is 263 g/mol. The lowest BCUT2D eigenvalue weighted by Crippen LogP contribution is -2.25. The number of ether oxygens (including phenoxy) is 2. The first-order valence-corrected chi connectivity index (χ1v) is 6.22. The van der Waals surface area contributed by atoms with Gasteiger partial charge in [-0.2, -0.15) is 0 Å². The van der Waals surface area contributed by atoms with Crippen LogP contribution >= 0.6 is 0 Å². The van der Waals surface area contributed by atoms with E-state index in [9.17, 15) is 9.18 Å². The average Bonchev–Trinajstić information content (AvgIpc) is 2.38. The maximum absolute atomic E-state index is 13.2. The minimum atomic E-state index is -1.10. The van der Waals surface area contributed by atoms with Crippen LogP contribution in [0.2, 0.25) is 0 Å². The minimum Gasteiger partial charge on any atom is -0.493 e. The molecule has 1 aromatic rings. The summed E-state index contributed by atoms with van der Waals surface area (Å²) in [7, 11) is 1.62. The van der Waals surface area contributed by atoms with Gasteiger partial charge in [0.05, 0.1) is 12.2 Å². The van der Waals surface area contributed by atoms with Crippen LogP contribution in [0.25, 0.3) is 6.08 Å². The molecule has 1 rings (SSSR count). The van der Waals surface area contributed by atoms with E-state index in [2.05, 4.69) is 0 Å². The van der Waals surface area contributed by atoms with Crippen LogP contribution in [0.5, 0.6) is 5.75 Å². The Morgan fingerprint density at radius 1 is 1.45 bits per heavy atom. The predicted octanol–water partition coefficient (Wildman–Crippen LogP) is 3.12. The molecule has 0 unspecified atom stereocenters. The summed E-state index contributed by atoms with van der Waals surface area (Å²) in [5, 5.41) is 8.61. The van der Waals surface area contributed by atoms with Crippen molar-refractivity contribution < 1.29 is 23.8 Å². The summed E-state index contributed by atoms with van der Waals surface area (Å²) in [4.78, 5) is 10.5. The third-order valence-corrected chi connectivity index (χ3v) is 2.89. The first-order valence-electron chi connectivity index (χ1n) is 6.22. The summed E-state index contributed by atoms with van der Waals surface area (Å²) in [5.74, 6) is -1.10. The topological polar surface area (TPSA) is 55.8 Å². The molecule has 0 bridgehead atoms. The van der Waals surface area contributed by atoms with Gasteiger partial charge in [0.25, 0.3) is 0 Å². The van der Waals surface area contributed by atoms with Crippen LogP contribution in [0.15, 0.2) is 24.3 Å². The Morgan fingerprint density at radius 3 is 2.75 bits per heavy atom. The van der Waals surface area contributed by atoms with Crippen molar-refractivity contribution in [1.29, 1.82) is 0 Å². The molecule has 4 nitrogen and oxygen atoms in total. The van der Waals surface area contributed by atoms with Gasteiger partial charge >= 0.3 is 5.97 Å². The maximum Gasteiger partial charge on any atom is 0.328 e. The fourth-order valence-corrected chi connectivity index (χ4v) is 1.45. The van der Waals surface area contributed by atoms with Crippen LogP contribution in [-0.2, 0) is 9.53 Å². The SMILES string of the molecule is COC(C)(C)CCOc1ccc(F)cc1/C=C/C(=O)O. The highest BCUT2D eigenvalue weighted by atomic mass is 19.1. The van der Waals surface area contributed by atoms with Gasteiger partial charge in [-0.05, 0) is 38.1 Å². The highest BCUT2D eigenvalue weighted by molar-refractivity contribution is 5.85. The molecule has 0 atom stereocenters. The van der Waals surface area contributed by atoms with Gasteiger partial charge in [-0.15, -0.1) is 0 Å². The second kappa shape index (κ2) is 7.05. The lowest BCUT2D eigenvalue weighted by atomic mass is 10.1. The Hall–Kier alpha value is -1.88. The van der Waals surface area contributed by atoms with Gasteiger partial charge < -0.3 is 14.6 Å². The molecule has 0 radical (unpaired) electrons. The standard InChI is InChI=1S/C15H19FO4/c1-15(2,19-3)8-9-20-13-6-5-12(16)10-11(13)4-7-14(17)18/h4-7,10H,8-9H2,1-3H3,(H,17,18)/b7-4+. The number of hydrogen-bond acceptors (Lipinski definition) is 3. The van der Waals surface area contributed by atoms with E-state index in [4.69, 9.17) is 14.6 Å². The summed E-state index contributed by atoms with van der Waals surface area (Å²) in [6.07, 6.45) is 2.91. The summed E-state index contributed by atoms with van der Waals surface area (Å²) >= 11 is 0. The molecule has 0 aliphatic carbocycles. The zero-order valence-electron chi connectivity index (χ0n) is 11.9. The van der Waals surface area contributed by atoms with Crippen molar-refractivity contribution >= 4 is 12.0 Å². The van der Waals surface area contributed by atoms with Crippen molar-refractivity contribution in [3.63, 3.8) is 0 Å². The summed E-state index contributed by atoms with van der Waals surface area (Å²) in [6, 6.07) is 3.99. The quantitative estimate of drug-likeness (QED) is 0.781. The summed E-state index contributed by atoms with van der Waals surface area (Å²) < 4.78 is 24.0. The minimum absolute atomic E-state index is 0.308. The molecule has 5 heteroatoms. The molecular formula is C15H19FO4. The third kappa shape index (κ3) is 5.40. The van der Waals surface area contributed by atoms with E-state index >= 15 is 0 Å². The Morgan fingerprint density at radius 2 is 2.15 bits per heavy atom. The Kier molecular flexibility index (Phi) is 5.70. The van der Waals surface area contributed by atoms with Crippen molar-refractivity contribution in [3.05, 3.63) is 35.7 Å². The van der Waals surface area contributed by atoms with E-state index in [0.717, 1.165) is 6.08 Å². The first kappa shape index (κ1) is 16.2. The van der Waals surface area contributed by atoms with Crippen LogP contribution < -0.4 is 4.74 Å². The molecule has 0 aliphatic rings. The second-order valence-corrected chi connectivity index (χ2v) is 4.92. The molecule has 0 heterocycles. The normalized spacial score (nSPS) is 11.8. The fraction of sp³-hybridized carbons (Fsp3) is 0.400. The molecule has 0 aliphatic heterocycles. The zero-order chi connectivity index (χ0) is 15.2. The maximum atomic E-state index is 13.2. The second-order valence-electron chi connectivity index (χ2n) is 4.92. The molecule has 0 saturated heterocycles.